The number of nitrogens with zero attached hydrogens (tertiary/aromatic N) is 7. The second-order valence-electron chi connectivity index (χ2n) is 15.1. The van der Waals surface area contributed by atoms with Gasteiger partial charge in [0.2, 0.25) is 0 Å². The van der Waals surface area contributed by atoms with E-state index in [0.717, 1.165) is 67.2 Å². The van der Waals surface area contributed by atoms with Crippen molar-refractivity contribution in [2.24, 2.45) is 0 Å². The Kier molecular flexibility index (Phi) is 9.12. The van der Waals surface area contributed by atoms with Crippen LogP contribution in [0.1, 0.15) is 48.2 Å². The van der Waals surface area contributed by atoms with Gasteiger partial charge in [0.1, 0.15) is 40.9 Å². The highest BCUT2D eigenvalue weighted by Crippen LogP contribution is 2.43. The Morgan fingerprint density at radius 3 is 2.67 bits per heavy atom. The van der Waals surface area contributed by atoms with E-state index < -0.39 is 22.1 Å². The third-order valence-corrected chi connectivity index (χ3v) is 13.4. The molecule has 0 spiro atoms. The number of anilines is 3. The molecule has 2 N–H and O–H groups in total. The summed E-state index contributed by atoms with van der Waals surface area (Å²) < 4.78 is 71.1. The second-order valence-corrected chi connectivity index (χ2v) is 17.4. The summed E-state index contributed by atoms with van der Waals surface area (Å²) in [5.74, 6) is 0.887. The summed E-state index contributed by atoms with van der Waals surface area (Å²) in [6, 6.07) is 14.8. The maximum atomic E-state index is 15.2. The molecule has 16 heteroatoms. The Morgan fingerprint density at radius 2 is 1.84 bits per heavy atom. The van der Waals surface area contributed by atoms with Crippen molar-refractivity contribution in [1.82, 2.24) is 24.6 Å². The predicted molar refractivity (Wildman–Crippen MR) is 208 cm³/mol. The molecule has 2 aromatic heterocycles. The molecule has 12 nitrogen and oxygen atoms in total. The lowest BCUT2D eigenvalue weighted by Gasteiger charge is -2.35. The summed E-state index contributed by atoms with van der Waals surface area (Å²) in [7, 11) is -4.17. The number of alkyl halides is 1. The first kappa shape index (κ1) is 36.1. The predicted octanol–water partition coefficient (Wildman–Crippen LogP) is 6.31. The quantitative estimate of drug-likeness (QED) is 0.177. The van der Waals surface area contributed by atoms with Gasteiger partial charge in [0.25, 0.3) is 0 Å². The minimum atomic E-state index is -4.17. The van der Waals surface area contributed by atoms with E-state index in [-0.39, 0.29) is 33.3 Å². The third kappa shape index (κ3) is 6.75. The number of ether oxygens (including phenoxy) is 1. The first-order valence-corrected chi connectivity index (χ1v) is 20.8. The van der Waals surface area contributed by atoms with Crippen LogP contribution < -0.4 is 24.5 Å². The van der Waals surface area contributed by atoms with Gasteiger partial charge in [0.15, 0.2) is 0 Å². The standard InChI is InChI=1S/C39H41BrF2N8O4S/c1-24-4-7-29(8-5-24)55(51,52)54-28-16-25-6-9-31(42)36(40)35(25)33(18-28)47-15-10-30-32(22-47)44-38(53-23-39-11-2-13-49(39)20-26(41)19-39)45-37(30)48-12-3-14-50-27(21-48)17-34(43)46-50/h4-9,16-18,26H,2-3,10-15,19-23H2,1H3,(H2,43,46)/t26-,39+/m1/s1. The first-order chi connectivity index (χ1) is 26.4. The van der Waals surface area contributed by atoms with Crippen molar-refractivity contribution in [2.45, 2.75) is 75.3 Å². The number of rotatable bonds is 8. The van der Waals surface area contributed by atoms with E-state index in [4.69, 9.17) is 24.6 Å². The van der Waals surface area contributed by atoms with E-state index in [1.54, 1.807) is 30.3 Å². The van der Waals surface area contributed by atoms with Crippen LogP contribution in [0.4, 0.5) is 26.1 Å². The monoisotopic (exact) mass is 834 g/mol. The largest absolute Gasteiger partial charge is 0.461 e. The molecule has 2 fully saturated rings. The summed E-state index contributed by atoms with van der Waals surface area (Å²) in [6.45, 7) is 6.23. The molecule has 288 valence electrons. The summed E-state index contributed by atoms with van der Waals surface area (Å²) >= 11 is 3.48. The zero-order valence-electron chi connectivity index (χ0n) is 30.3. The maximum absolute atomic E-state index is 15.2. The van der Waals surface area contributed by atoms with Crippen molar-refractivity contribution in [1.29, 1.82) is 0 Å². The van der Waals surface area contributed by atoms with E-state index in [1.165, 1.54) is 18.2 Å². The highest BCUT2D eigenvalue weighted by molar-refractivity contribution is 9.10. The van der Waals surface area contributed by atoms with Crippen LogP contribution in [0, 0.1) is 12.7 Å². The molecule has 2 atom stereocenters. The van der Waals surface area contributed by atoms with Gasteiger partial charge >= 0.3 is 16.1 Å². The molecular formula is C39H41BrF2N8O4S. The van der Waals surface area contributed by atoms with Crippen molar-refractivity contribution in [3.05, 3.63) is 87.4 Å². The van der Waals surface area contributed by atoms with Gasteiger partial charge in [-0.3, -0.25) is 9.58 Å². The lowest BCUT2D eigenvalue weighted by atomic mass is 9.95. The molecule has 5 aromatic rings. The molecule has 4 aliphatic rings. The molecule has 0 unspecified atom stereocenters. The Morgan fingerprint density at radius 1 is 1.00 bits per heavy atom. The van der Waals surface area contributed by atoms with Gasteiger partial charge < -0.3 is 24.5 Å². The van der Waals surface area contributed by atoms with Crippen molar-refractivity contribution >= 4 is 54.1 Å². The fourth-order valence-electron chi connectivity index (χ4n) is 8.76. The van der Waals surface area contributed by atoms with Crippen LogP contribution in [0.15, 0.2) is 64.0 Å². The van der Waals surface area contributed by atoms with Gasteiger partial charge in [-0.15, -0.1) is 0 Å². The number of hydrogen-bond donors (Lipinski definition) is 1. The van der Waals surface area contributed by atoms with Crippen molar-refractivity contribution in [3.8, 4) is 11.8 Å². The molecule has 55 heavy (non-hydrogen) atoms. The van der Waals surface area contributed by atoms with Crippen LogP contribution in [0.3, 0.4) is 0 Å². The van der Waals surface area contributed by atoms with E-state index in [2.05, 4.69) is 35.7 Å². The van der Waals surface area contributed by atoms with Crippen LogP contribution in [-0.2, 0) is 36.2 Å². The van der Waals surface area contributed by atoms with E-state index in [9.17, 15) is 12.8 Å². The van der Waals surface area contributed by atoms with Gasteiger partial charge in [-0.1, -0.05) is 23.8 Å². The molecule has 0 aliphatic carbocycles. The SMILES string of the molecule is Cc1ccc(S(=O)(=O)Oc2cc(N3CCc4c(nc(OC[C@@]56CCCN5C[C@H](F)C6)nc4N4CCCn5nc(N)cc5C4)C3)c3c(Br)c(F)ccc3c2)cc1. The number of fused-ring (bicyclic) bond motifs is 4. The average molecular weight is 836 g/mol. The number of nitrogen functional groups attached to an aromatic ring is 1. The van der Waals surface area contributed by atoms with E-state index >= 15 is 4.39 Å². The average Bonchev–Trinajstić information content (AvgIpc) is 3.76. The van der Waals surface area contributed by atoms with Gasteiger partial charge in [-0.2, -0.15) is 23.5 Å². The molecule has 0 radical (unpaired) electrons. The van der Waals surface area contributed by atoms with Gasteiger partial charge in [0, 0.05) is 61.4 Å². The summed E-state index contributed by atoms with van der Waals surface area (Å²) in [4.78, 5) is 16.5. The Balaban J connectivity index is 1.10. The highest BCUT2D eigenvalue weighted by Gasteiger charge is 2.49. The maximum Gasteiger partial charge on any atom is 0.339 e. The second kappa shape index (κ2) is 13.9. The van der Waals surface area contributed by atoms with Gasteiger partial charge in [-0.05, 0) is 84.7 Å². The van der Waals surface area contributed by atoms with Crippen molar-refractivity contribution in [3.63, 3.8) is 0 Å². The summed E-state index contributed by atoms with van der Waals surface area (Å²) in [6.07, 6.45) is 2.75. The Hall–Kier alpha value is -4.54. The molecule has 6 heterocycles. The number of aryl methyl sites for hydroxylation is 2. The number of halogens is 3. The van der Waals surface area contributed by atoms with E-state index in [0.29, 0.717) is 61.3 Å². The van der Waals surface area contributed by atoms with Gasteiger partial charge in [-0.25, -0.2) is 8.78 Å². The Labute approximate surface area is 326 Å². The first-order valence-electron chi connectivity index (χ1n) is 18.6. The highest BCUT2D eigenvalue weighted by atomic mass is 79.9. The molecule has 0 amide bonds. The van der Waals surface area contributed by atoms with E-state index in [1.807, 2.05) is 17.7 Å². The van der Waals surface area contributed by atoms with Crippen LogP contribution in [0.2, 0.25) is 0 Å². The number of hydrogen-bond acceptors (Lipinski definition) is 11. The minimum absolute atomic E-state index is 0.0304. The van der Waals surface area contributed by atoms with Crippen molar-refractivity contribution < 1.29 is 26.1 Å². The van der Waals surface area contributed by atoms with Gasteiger partial charge in [0.05, 0.1) is 34.5 Å². The zero-order chi connectivity index (χ0) is 38.1. The smallest absolute Gasteiger partial charge is 0.339 e. The lowest BCUT2D eigenvalue weighted by molar-refractivity contribution is 0.107. The number of aromatic nitrogens is 4. The number of benzene rings is 3. The molecule has 0 saturated carbocycles. The normalized spacial score (nSPS) is 21.3. The van der Waals surface area contributed by atoms with Crippen LogP contribution in [-0.4, -0.2) is 77.6 Å². The lowest BCUT2D eigenvalue weighted by Crippen LogP contribution is -2.43. The zero-order valence-corrected chi connectivity index (χ0v) is 32.8. The molecule has 9 rings (SSSR count). The van der Waals surface area contributed by atoms with Crippen LogP contribution >= 0.6 is 15.9 Å². The van der Waals surface area contributed by atoms with Crippen LogP contribution in [0.5, 0.6) is 11.8 Å². The molecule has 2 saturated heterocycles. The topological polar surface area (TPSA) is 132 Å². The fraction of sp³-hybridized carbons (Fsp3) is 0.410. The third-order valence-electron chi connectivity index (χ3n) is 11.4. The fourth-order valence-corrected chi connectivity index (χ4v) is 10.2. The molecule has 4 aliphatic heterocycles. The summed E-state index contributed by atoms with van der Waals surface area (Å²) in [5.41, 5.74) is 9.90. The number of nitrogens with two attached hydrogens (primary N) is 1. The van der Waals surface area contributed by atoms with Crippen LogP contribution in [0.25, 0.3) is 10.8 Å². The van der Waals surface area contributed by atoms with Crippen molar-refractivity contribution in [2.75, 3.05) is 48.3 Å². The minimum Gasteiger partial charge on any atom is -0.461 e. The molecular weight excluding hydrogens is 794 g/mol. The molecule has 3 aromatic carbocycles. The Bertz CT molecular complexity index is 2420. The summed E-state index contributed by atoms with van der Waals surface area (Å²) in [5, 5.41) is 5.65. The molecule has 0 bridgehead atoms.